The molecule has 1 nitrogen and oxygen atoms in total. The fraction of sp³-hybridized carbons (Fsp3) is 0.0714. The van der Waals surface area contributed by atoms with E-state index in [-0.39, 0.29) is 18.0 Å². The molecule has 0 aliphatic carbocycles. The summed E-state index contributed by atoms with van der Waals surface area (Å²) in [7, 11) is 0. The van der Waals surface area contributed by atoms with Gasteiger partial charge in [0, 0.05) is 20.6 Å². The highest BCUT2D eigenvalue weighted by atomic mass is 127. The monoisotopic (exact) mass is 374 g/mol. The normalized spacial score (nSPS) is 10.4. The first-order valence-corrected chi connectivity index (χ1v) is 6.74. The Hall–Kier alpha value is -0.940. The van der Waals surface area contributed by atoms with Crippen molar-refractivity contribution in [2.24, 2.45) is 0 Å². The molecule has 0 saturated carbocycles. The highest BCUT2D eigenvalue weighted by molar-refractivity contribution is 14.1. The van der Waals surface area contributed by atoms with Crippen molar-refractivity contribution in [3.8, 4) is 0 Å². The van der Waals surface area contributed by atoms with Gasteiger partial charge in [0.2, 0.25) is 0 Å². The van der Waals surface area contributed by atoms with Crippen LogP contribution in [0.25, 0.3) is 0 Å². The average Bonchev–Trinajstić information content (AvgIpc) is 2.34. The zero-order valence-corrected chi connectivity index (χ0v) is 12.2. The Balaban J connectivity index is 2.21. The summed E-state index contributed by atoms with van der Waals surface area (Å²) in [6.07, 6.45) is 0.108. The summed E-state index contributed by atoms with van der Waals surface area (Å²) in [5, 5.41) is 0.412. The van der Waals surface area contributed by atoms with Gasteiger partial charge >= 0.3 is 0 Å². The summed E-state index contributed by atoms with van der Waals surface area (Å²) in [5.41, 5.74) is 1.12. The minimum Gasteiger partial charge on any atom is -0.294 e. The number of halogens is 3. The van der Waals surface area contributed by atoms with Gasteiger partial charge in [0.25, 0.3) is 0 Å². The first-order valence-electron chi connectivity index (χ1n) is 5.29. The number of rotatable bonds is 3. The molecular weight excluding hydrogens is 366 g/mol. The molecule has 4 heteroatoms. The molecule has 0 unspecified atom stereocenters. The van der Waals surface area contributed by atoms with E-state index in [1.54, 1.807) is 12.1 Å². The maximum atomic E-state index is 13.1. The Kier molecular flexibility index (Phi) is 4.35. The Bertz CT molecular complexity index is 581. The van der Waals surface area contributed by atoms with Gasteiger partial charge in [0.05, 0.1) is 0 Å². The lowest BCUT2D eigenvalue weighted by atomic mass is 10.0. The zero-order chi connectivity index (χ0) is 13.1. The molecule has 0 aliphatic heterocycles. The van der Waals surface area contributed by atoms with Crippen molar-refractivity contribution in [1.82, 2.24) is 0 Å². The van der Waals surface area contributed by atoms with Gasteiger partial charge in [-0.05, 0) is 58.5 Å². The van der Waals surface area contributed by atoms with Crippen molar-refractivity contribution in [3.05, 3.63) is 68.0 Å². The largest absolute Gasteiger partial charge is 0.294 e. The highest BCUT2D eigenvalue weighted by Crippen LogP contribution is 2.19. The van der Waals surface area contributed by atoms with E-state index in [0.29, 0.717) is 16.1 Å². The van der Waals surface area contributed by atoms with Gasteiger partial charge in [-0.2, -0.15) is 0 Å². The quantitative estimate of drug-likeness (QED) is 0.571. The van der Waals surface area contributed by atoms with Gasteiger partial charge in [-0.3, -0.25) is 4.79 Å². The predicted molar refractivity (Wildman–Crippen MR) is 78.6 cm³/mol. The zero-order valence-electron chi connectivity index (χ0n) is 9.29. The van der Waals surface area contributed by atoms with Crippen molar-refractivity contribution in [2.75, 3.05) is 0 Å². The fourth-order valence-electron chi connectivity index (χ4n) is 1.59. The van der Waals surface area contributed by atoms with E-state index in [1.165, 1.54) is 18.2 Å². The van der Waals surface area contributed by atoms with Crippen molar-refractivity contribution >= 4 is 40.0 Å². The molecule has 0 spiro atoms. The maximum absolute atomic E-state index is 13.1. The maximum Gasteiger partial charge on any atom is 0.167 e. The SMILES string of the molecule is O=C(Cc1cc(F)ccc1Cl)c1ccc(I)cc1. The molecule has 2 aromatic rings. The van der Waals surface area contributed by atoms with Gasteiger partial charge in [-0.1, -0.05) is 23.7 Å². The van der Waals surface area contributed by atoms with E-state index in [2.05, 4.69) is 22.6 Å². The van der Waals surface area contributed by atoms with Crippen LogP contribution in [0, 0.1) is 9.39 Å². The fourth-order valence-corrected chi connectivity index (χ4v) is 2.13. The molecule has 0 aromatic heterocycles. The Labute approximate surface area is 123 Å². The standard InChI is InChI=1S/C14H9ClFIO/c15-13-6-3-11(16)7-10(13)8-14(18)9-1-4-12(17)5-2-9/h1-7H,8H2. The van der Waals surface area contributed by atoms with Gasteiger partial charge < -0.3 is 0 Å². The highest BCUT2D eigenvalue weighted by Gasteiger charge is 2.10. The lowest BCUT2D eigenvalue weighted by molar-refractivity contribution is 0.0993. The molecule has 0 N–H and O–H groups in total. The van der Waals surface area contributed by atoms with Crippen LogP contribution < -0.4 is 0 Å². The smallest absolute Gasteiger partial charge is 0.167 e. The number of ketones is 1. The number of carbonyl (C=O) groups excluding carboxylic acids is 1. The lowest BCUT2D eigenvalue weighted by Gasteiger charge is -2.04. The summed E-state index contributed by atoms with van der Waals surface area (Å²) in [6, 6.07) is 11.3. The van der Waals surface area contributed by atoms with Crippen LogP contribution in [0.3, 0.4) is 0 Å². The molecule has 0 atom stereocenters. The topological polar surface area (TPSA) is 17.1 Å². The molecule has 92 valence electrons. The predicted octanol–water partition coefficient (Wildman–Crippen LogP) is 4.51. The summed E-state index contributed by atoms with van der Waals surface area (Å²) in [6.45, 7) is 0. The molecule has 0 bridgehead atoms. The van der Waals surface area contributed by atoms with Crippen LogP contribution in [0.1, 0.15) is 15.9 Å². The Morgan fingerprint density at radius 1 is 1.17 bits per heavy atom. The van der Waals surface area contributed by atoms with Gasteiger partial charge in [-0.25, -0.2) is 4.39 Å². The second kappa shape index (κ2) is 5.80. The first kappa shape index (κ1) is 13.5. The van der Waals surface area contributed by atoms with E-state index >= 15 is 0 Å². The number of benzene rings is 2. The van der Waals surface area contributed by atoms with Crippen LogP contribution in [0.4, 0.5) is 4.39 Å². The molecule has 2 aromatic carbocycles. The van der Waals surface area contributed by atoms with Crippen molar-refractivity contribution in [1.29, 1.82) is 0 Å². The van der Waals surface area contributed by atoms with E-state index in [0.717, 1.165) is 3.57 Å². The third-order valence-electron chi connectivity index (χ3n) is 2.52. The van der Waals surface area contributed by atoms with E-state index in [4.69, 9.17) is 11.6 Å². The summed E-state index contributed by atoms with van der Waals surface area (Å²) >= 11 is 8.10. The van der Waals surface area contributed by atoms with E-state index < -0.39 is 0 Å². The van der Waals surface area contributed by atoms with Crippen LogP contribution in [-0.2, 0) is 6.42 Å². The minimum absolute atomic E-state index is 0.0705. The third kappa shape index (κ3) is 3.29. The second-order valence-corrected chi connectivity index (χ2v) is 5.50. The summed E-state index contributed by atoms with van der Waals surface area (Å²) in [5.74, 6) is -0.455. The average molecular weight is 375 g/mol. The van der Waals surface area contributed by atoms with Crippen LogP contribution in [-0.4, -0.2) is 5.78 Å². The summed E-state index contributed by atoms with van der Waals surface area (Å²) in [4.78, 5) is 12.0. The minimum atomic E-state index is -0.384. The molecule has 0 saturated heterocycles. The molecule has 0 fully saturated rings. The molecule has 0 radical (unpaired) electrons. The first-order chi connectivity index (χ1) is 8.56. The van der Waals surface area contributed by atoms with Crippen LogP contribution >= 0.6 is 34.2 Å². The van der Waals surface area contributed by atoms with Crippen LogP contribution in [0.5, 0.6) is 0 Å². The number of carbonyl (C=O) groups is 1. The second-order valence-electron chi connectivity index (χ2n) is 3.84. The number of Topliss-reactive ketones (excluding diaryl/α,β-unsaturated/α-hetero) is 1. The molecule has 0 heterocycles. The van der Waals surface area contributed by atoms with Crippen LogP contribution in [0.15, 0.2) is 42.5 Å². The Morgan fingerprint density at radius 3 is 2.50 bits per heavy atom. The lowest BCUT2D eigenvalue weighted by Crippen LogP contribution is -2.04. The molecular formula is C14H9ClFIO. The van der Waals surface area contributed by atoms with Gasteiger partial charge in [0.15, 0.2) is 5.78 Å². The van der Waals surface area contributed by atoms with Crippen molar-refractivity contribution in [2.45, 2.75) is 6.42 Å². The Morgan fingerprint density at radius 2 is 1.83 bits per heavy atom. The van der Waals surface area contributed by atoms with Crippen molar-refractivity contribution in [3.63, 3.8) is 0 Å². The third-order valence-corrected chi connectivity index (χ3v) is 3.61. The van der Waals surface area contributed by atoms with Crippen LogP contribution in [0.2, 0.25) is 5.02 Å². The van der Waals surface area contributed by atoms with E-state index in [9.17, 15) is 9.18 Å². The number of hydrogen-bond donors (Lipinski definition) is 0. The molecule has 0 aliphatic rings. The van der Waals surface area contributed by atoms with Gasteiger partial charge in [-0.15, -0.1) is 0 Å². The van der Waals surface area contributed by atoms with Crippen molar-refractivity contribution < 1.29 is 9.18 Å². The number of hydrogen-bond acceptors (Lipinski definition) is 1. The molecule has 18 heavy (non-hydrogen) atoms. The van der Waals surface area contributed by atoms with E-state index in [1.807, 2.05) is 12.1 Å². The summed E-state index contributed by atoms with van der Waals surface area (Å²) < 4.78 is 14.1. The van der Waals surface area contributed by atoms with Gasteiger partial charge in [0.1, 0.15) is 5.82 Å². The molecule has 0 amide bonds. The molecule has 2 rings (SSSR count).